The van der Waals surface area contributed by atoms with Crippen molar-refractivity contribution in [1.82, 2.24) is 9.78 Å². The molecule has 3 rings (SSSR count). The molecule has 3 aromatic rings. The van der Waals surface area contributed by atoms with Crippen molar-refractivity contribution in [3.05, 3.63) is 77.1 Å². The van der Waals surface area contributed by atoms with E-state index in [-0.39, 0.29) is 5.91 Å². The van der Waals surface area contributed by atoms with Crippen LogP contribution in [0.1, 0.15) is 27.2 Å². The van der Waals surface area contributed by atoms with E-state index >= 15 is 0 Å². The standard InChI is InChI=1S/C19H16F3N3O/c1-12-4-3-5-16(13(12)2)23-18(26)14-6-8-15(9-7-14)25-11-10-17(24-25)19(20,21)22/h3-11H,1-2H3,(H,23,26). The molecule has 0 aliphatic heterocycles. The second-order valence-corrected chi connectivity index (χ2v) is 5.89. The minimum absolute atomic E-state index is 0.290. The number of aryl methyl sites for hydroxylation is 1. The van der Waals surface area contributed by atoms with E-state index in [1.807, 2.05) is 32.0 Å². The molecule has 1 amide bonds. The maximum atomic E-state index is 12.6. The molecule has 0 unspecified atom stereocenters. The number of aromatic nitrogens is 2. The number of amides is 1. The van der Waals surface area contributed by atoms with Crippen LogP contribution in [0.2, 0.25) is 0 Å². The number of anilines is 1. The number of carbonyl (C=O) groups is 1. The van der Waals surface area contributed by atoms with Gasteiger partial charge in [0.05, 0.1) is 5.69 Å². The third-order valence-corrected chi connectivity index (χ3v) is 4.13. The first-order valence-electron chi connectivity index (χ1n) is 7.86. The molecule has 1 heterocycles. The van der Waals surface area contributed by atoms with E-state index in [1.54, 1.807) is 24.3 Å². The van der Waals surface area contributed by atoms with Crippen LogP contribution >= 0.6 is 0 Å². The topological polar surface area (TPSA) is 46.9 Å². The molecule has 7 heteroatoms. The SMILES string of the molecule is Cc1cccc(NC(=O)c2ccc(-n3ccc(C(F)(F)F)n3)cc2)c1C. The molecule has 0 saturated heterocycles. The van der Waals surface area contributed by atoms with E-state index in [0.29, 0.717) is 11.3 Å². The number of nitrogens with zero attached hydrogens (tertiary/aromatic N) is 2. The van der Waals surface area contributed by atoms with Crippen LogP contribution in [-0.4, -0.2) is 15.7 Å². The van der Waals surface area contributed by atoms with Gasteiger partial charge >= 0.3 is 6.18 Å². The first-order valence-corrected chi connectivity index (χ1v) is 7.86. The molecule has 0 fully saturated rings. The molecule has 26 heavy (non-hydrogen) atoms. The van der Waals surface area contributed by atoms with Crippen LogP contribution < -0.4 is 5.32 Å². The lowest BCUT2D eigenvalue weighted by Crippen LogP contribution is -2.13. The molecular formula is C19H16F3N3O. The summed E-state index contributed by atoms with van der Waals surface area (Å²) in [4.78, 5) is 12.4. The number of halogens is 3. The molecule has 0 radical (unpaired) electrons. The van der Waals surface area contributed by atoms with Crippen molar-refractivity contribution in [2.24, 2.45) is 0 Å². The largest absolute Gasteiger partial charge is 0.435 e. The third kappa shape index (κ3) is 3.61. The van der Waals surface area contributed by atoms with Crippen LogP contribution in [0.25, 0.3) is 5.69 Å². The summed E-state index contributed by atoms with van der Waals surface area (Å²) in [7, 11) is 0. The van der Waals surface area contributed by atoms with Gasteiger partial charge in [0.25, 0.3) is 5.91 Å². The van der Waals surface area contributed by atoms with E-state index in [1.165, 1.54) is 6.20 Å². The number of carbonyl (C=O) groups excluding carboxylic acids is 1. The fourth-order valence-corrected chi connectivity index (χ4v) is 2.47. The Kier molecular flexibility index (Phi) is 4.54. The lowest BCUT2D eigenvalue weighted by Gasteiger charge is -2.10. The second kappa shape index (κ2) is 6.67. The maximum Gasteiger partial charge on any atom is 0.435 e. The Morgan fingerprint density at radius 1 is 1.04 bits per heavy atom. The quantitative estimate of drug-likeness (QED) is 0.733. The van der Waals surface area contributed by atoms with Gasteiger partial charge < -0.3 is 5.32 Å². The van der Waals surface area contributed by atoms with E-state index in [9.17, 15) is 18.0 Å². The number of alkyl halides is 3. The van der Waals surface area contributed by atoms with Crippen molar-refractivity contribution in [3.63, 3.8) is 0 Å². The summed E-state index contributed by atoms with van der Waals surface area (Å²) in [5.74, 6) is -0.290. The van der Waals surface area contributed by atoms with Crippen molar-refractivity contribution in [2.45, 2.75) is 20.0 Å². The van der Waals surface area contributed by atoms with Crippen molar-refractivity contribution in [3.8, 4) is 5.69 Å². The highest BCUT2D eigenvalue weighted by Crippen LogP contribution is 2.28. The summed E-state index contributed by atoms with van der Waals surface area (Å²) in [6.45, 7) is 3.88. The summed E-state index contributed by atoms with van der Waals surface area (Å²) >= 11 is 0. The minimum Gasteiger partial charge on any atom is -0.322 e. The molecule has 0 aliphatic rings. The first-order chi connectivity index (χ1) is 12.3. The molecule has 0 saturated carbocycles. The van der Waals surface area contributed by atoms with Crippen LogP contribution in [0.4, 0.5) is 18.9 Å². The van der Waals surface area contributed by atoms with Gasteiger partial charge in [-0.3, -0.25) is 4.79 Å². The molecule has 2 aromatic carbocycles. The number of hydrogen-bond acceptors (Lipinski definition) is 2. The van der Waals surface area contributed by atoms with Crippen molar-refractivity contribution in [1.29, 1.82) is 0 Å². The number of benzene rings is 2. The Morgan fingerprint density at radius 3 is 2.35 bits per heavy atom. The van der Waals surface area contributed by atoms with Gasteiger partial charge in [-0.2, -0.15) is 18.3 Å². The molecule has 0 bridgehead atoms. The van der Waals surface area contributed by atoms with Crippen LogP contribution in [0.3, 0.4) is 0 Å². The molecule has 0 atom stereocenters. The van der Waals surface area contributed by atoms with Gasteiger partial charge in [-0.05, 0) is 61.4 Å². The summed E-state index contributed by atoms with van der Waals surface area (Å²) in [6, 6.07) is 12.7. The lowest BCUT2D eigenvalue weighted by atomic mass is 10.1. The Labute approximate surface area is 148 Å². The summed E-state index contributed by atoms with van der Waals surface area (Å²) < 4.78 is 39.0. The van der Waals surface area contributed by atoms with Gasteiger partial charge in [-0.25, -0.2) is 4.68 Å². The van der Waals surface area contributed by atoms with E-state index in [0.717, 1.165) is 27.6 Å². The predicted molar refractivity (Wildman–Crippen MR) is 92.4 cm³/mol. The van der Waals surface area contributed by atoms with E-state index in [2.05, 4.69) is 10.4 Å². The Morgan fingerprint density at radius 2 is 1.73 bits per heavy atom. The van der Waals surface area contributed by atoms with E-state index < -0.39 is 11.9 Å². The Bertz CT molecular complexity index is 943. The highest BCUT2D eigenvalue weighted by Gasteiger charge is 2.33. The van der Waals surface area contributed by atoms with Crippen molar-refractivity contribution < 1.29 is 18.0 Å². The highest BCUT2D eigenvalue weighted by atomic mass is 19.4. The van der Waals surface area contributed by atoms with Gasteiger partial charge in [0, 0.05) is 17.4 Å². The zero-order valence-electron chi connectivity index (χ0n) is 14.1. The fraction of sp³-hybridized carbons (Fsp3) is 0.158. The molecule has 4 nitrogen and oxygen atoms in total. The average Bonchev–Trinajstić information content (AvgIpc) is 3.09. The molecule has 1 aromatic heterocycles. The molecule has 0 aliphatic carbocycles. The van der Waals surface area contributed by atoms with Crippen LogP contribution in [-0.2, 0) is 6.18 Å². The fourth-order valence-electron chi connectivity index (χ4n) is 2.47. The predicted octanol–water partition coefficient (Wildman–Crippen LogP) is 4.76. The maximum absolute atomic E-state index is 12.6. The lowest BCUT2D eigenvalue weighted by molar-refractivity contribution is -0.141. The number of rotatable bonds is 3. The smallest absolute Gasteiger partial charge is 0.322 e. The monoisotopic (exact) mass is 359 g/mol. The van der Waals surface area contributed by atoms with E-state index in [4.69, 9.17) is 0 Å². The van der Waals surface area contributed by atoms with Gasteiger partial charge in [-0.1, -0.05) is 12.1 Å². The highest BCUT2D eigenvalue weighted by molar-refractivity contribution is 6.04. The molecule has 134 valence electrons. The Hall–Kier alpha value is -3.09. The first kappa shape index (κ1) is 17.7. The number of hydrogen-bond donors (Lipinski definition) is 1. The minimum atomic E-state index is -4.49. The summed E-state index contributed by atoms with van der Waals surface area (Å²) in [5, 5.41) is 6.35. The average molecular weight is 359 g/mol. The zero-order valence-corrected chi connectivity index (χ0v) is 14.1. The van der Waals surface area contributed by atoms with Gasteiger partial charge in [-0.15, -0.1) is 0 Å². The third-order valence-electron chi connectivity index (χ3n) is 4.13. The van der Waals surface area contributed by atoms with Crippen LogP contribution in [0, 0.1) is 13.8 Å². The Balaban J connectivity index is 1.78. The molecular weight excluding hydrogens is 343 g/mol. The van der Waals surface area contributed by atoms with Gasteiger partial charge in [0.2, 0.25) is 0 Å². The zero-order chi connectivity index (χ0) is 18.9. The van der Waals surface area contributed by atoms with Crippen molar-refractivity contribution >= 4 is 11.6 Å². The second-order valence-electron chi connectivity index (χ2n) is 5.89. The molecule has 1 N–H and O–H groups in total. The van der Waals surface area contributed by atoms with Crippen molar-refractivity contribution in [2.75, 3.05) is 5.32 Å². The van der Waals surface area contributed by atoms with Crippen LogP contribution in [0.15, 0.2) is 54.7 Å². The van der Waals surface area contributed by atoms with Gasteiger partial charge in [0.15, 0.2) is 5.69 Å². The van der Waals surface area contributed by atoms with Crippen LogP contribution in [0.5, 0.6) is 0 Å². The summed E-state index contributed by atoms with van der Waals surface area (Å²) in [6.07, 6.45) is -3.26. The number of nitrogens with one attached hydrogen (secondary N) is 1. The summed E-state index contributed by atoms with van der Waals surface area (Å²) in [5.41, 5.74) is 2.64. The normalized spacial score (nSPS) is 11.4. The van der Waals surface area contributed by atoms with Gasteiger partial charge in [0.1, 0.15) is 0 Å². The molecule has 0 spiro atoms.